The molecule has 0 unspecified atom stereocenters. The Balaban J connectivity index is 1.71. The van der Waals surface area contributed by atoms with Crippen molar-refractivity contribution >= 4 is 22.8 Å². The van der Waals surface area contributed by atoms with Crippen LogP contribution in [0.25, 0.3) is 16.8 Å². The number of hydrogen-bond acceptors (Lipinski definition) is 3. The van der Waals surface area contributed by atoms with Gasteiger partial charge in [0.1, 0.15) is 5.60 Å². The minimum absolute atomic E-state index is 0.332. The predicted octanol–water partition coefficient (Wildman–Crippen LogP) is 5.18. The highest BCUT2D eigenvalue weighted by molar-refractivity contribution is 5.87. The van der Waals surface area contributed by atoms with Gasteiger partial charge in [0.25, 0.3) is 0 Å². The van der Waals surface area contributed by atoms with E-state index >= 15 is 0 Å². The fourth-order valence-corrected chi connectivity index (χ4v) is 2.76. The van der Waals surface area contributed by atoms with Crippen LogP contribution in [0.4, 0.5) is 0 Å². The van der Waals surface area contributed by atoms with Crippen molar-refractivity contribution in [2.45, 2.75) is 32.8 Å². The lowest BCUT2D eigenvalue weighted by Gasteiger charge is -2.17. The molecule has 0 bridgehead atoms. The zero-order valence-corrected chi connectivity index (χ0v) is 15.4. The molecule has 3 nitrogen and oxygen atoms in total. The number of fused-ring (bicyclic) bond motifs is 1. The number of ether oxygens (including phenoxy) is 1. The van der Waals surface area contributed by atoms with Crippen LogP contribution in [-0.2, 0) is 16.0 Å². The predicted molar refractivity (Wildman–Crippen MR) is 106 cm³/mol. The fourth-order valence-electron chi connectivity index (χ4n) is 2.76. The van der Waals surface area contributed by atoms with Gasteiger partial charge in [-0.2, -0.15) is 0 Å². The maximum atomic E-state index is 11.7. The van der Waals surface area contributed by atoms with E-state index in [4.69, 9.17) is 4.74 Å². The van der Waals surface area contributed by atoms with Gasteiger partial charge < -0.3 is 4.74 Å². The summed E-state index contributed by atoms with van der Waals surface area (Å²) in [5, 5.41) is 2.39. The number of rotatable bonds is 4. The summed E-state index contributed by atoms with van der Waals surface area (Å²) in [5.41, 5.74) is 2.74. The first-order valence-electron chi connectivity index (χ1n) is 8.73. The zero-order chi connectivity index (χ0) is 18.6. The summed E-state index contributed by atoms with van der Waals surface area (Å²) in [4.78, 5) is 16.3. The van der Waals surface area contributed by atoms with Crippen molar-refractivity contribution in [3.05, 3.63) is 83.7 Å². The highest BCUT2D eigenvalue weighted by atomic mass is 16.6. The third-order valence-electron chi connectivity index (χ3n) is 3.93. The first-order chi connectivity index (χ1) is 12.4. The van der Waals surface area contributed by atoms with Gasteiger partial charge in [0.05, 0.1) is 5.69 Å². The molecule has 3 aromatic rings. The minimum atomic E-state index is -0.475. The molecule has 132 valence electrons. The Hall–Kier alpha value is -2.94. The largest absolute Gasteiger partial charge is 0.457 e. The van der Waals surface area contributed by atoms with Gasteiger partial charge in [-0.15, -0.1) is 0 Å². The molecule has 0 spiro atoms. The van der Waals surface area contributed by atoms with Gasteiger partial charge in [0.2, 0.25) is 0 Å². The van der Waals surface area contributed by atoms with Gasteiger partial charge in [0.15, 0.2) is 0 Å². The molecule has 26 heavy (non-hydrogen) atoms. The van der Waals surface area contributed by atoms with Crippen LogP contribution in [0.15, 0.2) is 66.9 Å². The highest BCUT2D eigenvalue weighted by Crippen LogP contribution is 2.19. The van der Waals surface area contributed by atoms with Crippen molar-refractivity contribution in [2.24, 2.45) is 0 Å². The summed E-state index contributed by atoms with van der Waals surface area (Å²) in [5.74, 6) is -0.332. The molecular formula is C23H23NO2. The number of pyridine rings is 1. The lowest BCUT2D eigenvalue weighted by atomic mass is 10.0. The Morgan fingerprint density at radius 1 is 1.04 bits per heavy atom. The van der Waals surface area contributed by atoms with Crippen molar-refractivity contribution < 1.29 is 9.53 Å². The van der Waals surface area contributed by atoms with E-state index in [1.54, 1.807) is 6.08 Å². The second-order valence-corrected chi connectivity index (χ2v) is 7.26. The van der Waals surface area contributed by atoms with Gasteiger partial charge in [-0.25, -0.2) is 4.79 Å². The Kier molecular flexibility index (Phi) is 5.17. The standard InChI is InChI=1S/C23H23NO2/c1-23(2,3)26-22(25)13-12-17-8-10-18(11-9-17)16-21-20-7-5-4-6-19(20)14-15-24-21/h4-15H,16H2,1-3H3/b13-12+. The lowest BCUT2D eigenvalue weighted by Crippen LogP contribution is -2.22. The SMILES string of the molecule is CC(C)(C)OC(=O)/C=C/c1ccc(Cc2nccc3ccccc23)cc1. The van der Waals surface area contributed by atoms with Gasteiger partial charge in [-0.05, 0) is 49.4 Å². The quantitative estimate of drug-likeness (QED) is 0.483. The summed E-state index contributed by atoms with van der Waals surface area (Å²) in [6.45, 7) is 5.57. The van der Waals surface area contributed by atoms with Crippen LogP contribution >= 0.6 is 0 Å². The Morgan fingerprint density at radius 2 is 1.77 bits per heavy atom. The van der Waals surface area contributed by atoms with Crippen molar-refractivity contribution in [1.82, 2.24) is 4.98 Å². The van der Waals surface area contributed by atoms with Crippen molar-refractivity contribution in [3.63, 3.8) is 0 Å². The molecule has 1 heterocycles. The summed E-state index contributed by atoms with van der Waals surface area (Å²) < 4.78 is 5.27. The van der Waals surface area contributed by atoms with Crippen molar-refractivity contribution in [1.29, 1.82) is 0 Å². The van der Waals surface area contributed by atoms with Gasteiger partial charge in [-0.1, -0.05) is 48.5 Å². The van der Waals surface area contributed by atoms with Crippen LogP contribution < -0.4 is 0 Å². The number of aromatic nitrogens is 1. The van der Waals surface area contributed by atoms with Gasteiger partial charge in [-0.3, -0.25) is 4.98 Å². The molecule has 0 saturated heterocycles. The molecule has 0 amide bonds. The molecule has 0 aliphatic rings. The van der Waals surface area contributed by atoms with Crippen LogP contribution in [0.5, 0.6) is 0 Å². The maximum absolute atomic E-state index is 11.7. The molecule has 0 fully saturated rings. The molecule has 0 saturated carbocycles. The molecule has 3 heteroatoms. The second kappa shape index (κ2) is 7.52. The van der Waals surface area contributed by atoms with E-state index in [2.05, 4.69) is 29.2 Å². The third kappa shape index (κ3) is 4.79. The molecule has 0 aliphatic carbocycles. The van der Waals surface area contributed by atoms with E-state index < -0.39 is 5.60 Å². The monoisotopic (exact) mass is 345 g/mol. The van der Waals surface area contributed by atoms with Crippen LogP contribution in [-0.4, -0.2) is 16.6 Å². The second-order valence-electron chi connectivity index (χ2n) is 7.26. The van der Waals surface area contributed by atoms with E-state index in [0.29, 0.717) is 0 Å². The summed E-state index contributed by atoms with van der Waals surface area (Å²) in [7, 11) is 0. The topological polar surface area (TPSA) is 39.2 Å². The van der Waals surface area contributed by atoms with Crippen LogP contribution in [0.2, 0.25) is 0 Å². The third-order valence-corrected chi connectivity index (χ3v) is 3.93. The molecule has 0 N–H and O–H groups in total. The molecule has 1 aromatic heterocycles. The number of benzene rings is 2. The number of carbonyl (C=O) groups excluding carboxylic acids is 1. The summed E-state index contributed by atoms with van der Waals surface area (Å²) in [6, 6.07) is 18.5. The van der Waals surface area contributed by atoms with E-state index in [-0.39, 0.29) is 5.97 Å². The summed E-state index contributed by atoms with van der Waals surface area (Å²) in [6.07, 6.45) is 5.87. The molecule has 3 rings (SSSR count). The van der Waals surface area contributed by atoms with Crippen LogP contribution in [0.1, 0.15) is 37.6 Å². The maximum Gasteiger partial charge on any atom is 0.331 e. The van der Waals surface area contributed by atoms with Gasteiger partial charge in [0, 0.05) is 24.1 Å². The minimum Gasteiger partial charge on any atom is -0.457 e. The Bertz CT molecular complexity index is 929. The molecular weight excluding hydrogens is 322 g/mol. The van der Waals surface area contributed by atoms with Crippen molar-refractivity contribution in [3.8, 4) is 0 Å². The normalized spacial score (nSPS) is 11.8. The Morgan fingerprint density at radius 3 is 2.50 bits per heavy atom. The van der Waals surface area contributed by atoms with Crippen molar-refractivity contribution in [2.75, 3.05) is 0 Å². The Labute approximate surface area is 154 Å². The van der Waals surface area contributed by atoms with Gasteiger partial charge >= 0.3 is 5.97 Å². The molecule has 2 aromatic carbocycles. The van der Waals surface area contributed by atoms with E-state index in [9.17, 15) is 4.79 Å². The molecule has 0 radical (unpaired) electrons. The first-order valence-corrected chi connectivity index (χ1v) is 8.73. The van der Waals surface area contributed by atoms with E-state index in [0.717, 1.165) is 17.7 Å². The number of hydrogen-bond donors (Lipinski definition) is 0. The number of carbonyl (C=O) groups is 1. The van der Waals surface area contributed by atoms with E-state index in [1.807, 2.05) is 57.3 Å². The smallest absolute Gasteiger partial charge is 0.331 e. The molecule has 0 atom stereocenters. The highest BCUT2D eigenvalue weighted by Gasteiger charge is 2.13. The average Bonchev–Trinajstić information content (AvgIpc) is 2.60. The number of esters is 1. The lowest BCUT2D eigenvalue weighted by molar-refractivity contribution is -0.148. The summed E-state index contributed by atoms with van der Waals surface area (Å²) >= 11 is 0. The molecule has 0 aliphatic heterocycles. The van der Waals surface area contributed by atoms with Crippen LogP contribution in [0, 0.1) is 0 Å². The van der Waals surface area contributed by atoms with E-state index in [1.165, 1.54) is 22.4 Å². The first kappa shape index (κ1) is 17.9. The average molecular weight is 345 g/mol. The van der Waals surface area contributed by atoms with Crippen LogP contribution in [0.3, 0.4) is 0 Å². The number of nitrogens with zero attached hydrogens (tertiary/aromatic N) is 1. The fraction of sp³-hybridized carbons (Fsp3) is 0.217. The zero-order valence-electron chi connectivity index (χ0n) is 15.4.